The Balaban J connectivity index is 3.11. The van der Waals surface area contributed by atoms with E-state index in [0.717, 1.165) is 4.83 Å². The van der Waals surface area contributed by atoms with Crippen molar-refractivity contribution < 1.29 is 0 Å². The van der Waals surface area contributed by atoms with Crippen molar-refractivity contribution in [3.63, 3.8) is 0 Å². The van der Waals surface area contributed by atoms with Crippen molar-refractivity contribution >= 4 is 15.9 Å². The van der Waals surface area contributed by atoms with Gasteiger partial charge in [0.05, 0.1) is 0 Å². The average molecular weight is 404 g/mol. The first kappa shape index (κ1) is 24.5. The van der Waals surface area contributed by atoms with Crippen LogP contribution < -0.4 is 0 Å². The van der Waals surface area contributed by atoms with Gasteiger partial charge in [-0.15, -0.1) is 0 Å². The van der Waals surface area contributed by atoms with Gasteiger partial charge in [-0.3, -0.25) is 0 Å². The Morgan fingerprint density at radius 1 is 0.417 bits per heavy atom. The van der Waals surface area contributed by atoms with Crippen molar-refractivity contribution in [3.05, 3.63) is 0 Å². The lowest BCUT2D eigenvalue weighted by atomic mass is 10.0. The Labute approximate surface area is 163 Å². The van der Waals surface area contributed by atoms with E-state index < -0.39 is 0 Å². The summed E-state index contributed by atoms with van der Waals surface area (Å²) in [5.74, 6) is 0. The van der Waals surface area contributed by atoms with Gasteiger partial charge in [0.2, 0.25) is 0 Å². The van der Waals surface area contributed by atoms with Crippen LogP contribution in [-0.2, 0) is 0 Å². The third kappa shape index (κ3) is 20.5. The second kappa shape index (κ2) is 21.5. The molecular formula is C23H47Br. The topological polar surface area (TPSA) is 0 Å². The van der Waals surface area contributed by atoms with E-state index in [9.17, 15) is 0 Å². The van der Waals surface area contributed by atoms with Crippen molar-refractivity contribution in [1.82, 2.24) is 0 Å². The lowest BCUT2D eigenvalue weighted by Crippen LogP contribution is -1.97. The number of alkyl halides is 1. The molecule has 0 aromatic carbocycles. The molecule has 1 heteroatoms. The minimum atomic E-state index is 0.784. The van der Waals surface area contributed by atoms with Gasteiger partial charge in [-0.1, -0.05) is 145 Å². The lowest BCUT2D eigenvalue weighted by molar-refractivity contribution is 0.529. The first-order chi connectivity index (χ1) is 11.8. The van der Waals surface area contributed by atoms with Crippen LogP contribution in [0.2, 0.25) is 0 Å². The highest BCUT2D eigenvalue weighted by molar-refractivity contribution is 9.09. The van der Waals surface area contributed by atoms with Gasteiger partial charge >= 0.3 is 0 Å². The Bertz CT molecular complexity index is 214. The van der Waals surface area contributed by atoms with Crippen LogP contribution in [-0.4, -0.2) is 4.83 Å². The molecule has 0 aliphatic heterocycles. The molecule has 1 unspecified atom stereocenters. The molecule has 0 rings (SSSR count). The van der Waals surface area contributed by atoms with E-state index in [-0.39, 0.29) is 0 Å². The highest BCUT2D eigenvalue weighted by Gasteiger charge is 2.03. The minimum absolute atomic E-state index is 0.784. The van der Waals surface area contributed by atoms with Crippen LogP contribution in [0.1, 0.15) is 142 Å². The van der Waals surface area contributed by atoms with Gasteiger partial charge in [-0.2, -0.15) is 0 Å². The maximum Gasteiger partial charge on any atom is 0.0145 e. The average Bonchev–Trinajstić information content (AvgIpc) is 2.59. The van der Waals surface area contributed by atoms with Crippen LogP contribution >= 0.6 is 15.9 Å². The molecule has 0 aromatic heterocycles. The second-order valence-electron chi connectivity index (χ2n) is 7.83. The zero-order chi connectivity index (χ0) is 17.7. The van der Waals surface area contributed by atoms with Crippen molar-refractivity contribution in [2.24, 2.45) is 0 Å². The SMILES string of the molecule is CCCCCCCCCCCCC(Br)CCCCCCCCCC. The van der Waals surface area contributed by atoms with Crippen LogP contribution in [0.3, 0.4) is 0 Å². The maximum atomic E-state index is 3.90. The summed E-state index contributed by atoms with van der Waals surface area (Å²) in [6.07, 6.45) is 28.8. The summed E-state index contributed by atoms with van der Waals surface area (Å²) in [6.45, 7) is 4.59. The van der Waals surface area contributed by atoms with Crippen LogP contribution in [0.5, 0.6) is 0 Å². The van der Waals surface area contributed by atoms with Gasteiger partial charge in [0, 0.05) is 4.83 Å². The molecule has 0 N–H and O–H groups in total. The molecule has 0 fully saturated rings. The summed E-state index contributed by atoms with van der Waals surface area (Å²) in [4.78, 5) is 0.784. The number of unbranched alkanes of at least 4 members (excludes halogenated alkanes) is 16. The van der Waals surface area contributed by atoms with Crippen LogP contribution in [0, 0.1) is 0 Å². The van der Waals surface area contributed by atoms with Gasteiger partial charge in [0.25, 0.3) is 0 Å². The Morgan fingerprint density at radius 2 is 0.667 bits per heavy atom. The number of hydrogen-bond acceptors (Lipinski definition) is 0. The van der Waals surface area contributed by atoms with Gasteiger partial charge in [-0.05, 0) is 12.8 Å². The fourth-order valence-corrected chi connectivity index (χ4v) is 4.14. The molecule has 0 amide bonds. The predicted molar refractivity (Wildman–Crippen MR) is 116 cm³/mol. The molecule has 24 heavy (non-hydrogen) atoms. The summed E-state index contributed by atoms with van der Waals surface area (Å²) in [6, 6.07) is 0. The molecule has 0 aromatic rings. The molecule has 0 aliphatic rings. The van der Waals surface area contributed by atoms with Crippen molar-refractivity contribution in [3.8, 4) is 0 Å². The maximum absolute atomic E-state index is 3.90. The molecule has 0 aliphatic carbocycles. The van der Waals surface area contributed by atoms with Crippen molar-refractivity contribution in [2.45, 2.75) is 147 Å². The molecule has 146 valence electrons. The molecule has 1 atom stereocenters. The van der Waals surface area contributed by atoms with E-state index in [4.69, 9.17) is 0 Å². The number of hydrogen-bond donors (Lipinski definition) is 0. The van der Waals surface area contributed by atoms with Gasteiger partial charge in [-0.25, -0.2) is 0 Å². The molecular weight excluding hydrogens is 356 g/mol. The predicted octanol–water partition coefficient (Wildman–Crippen LogP) is 9.59. The van der Waals surface area contributed by atoms with E-state index in [1.54, 1.807) is 0 Å². The van der Waals surface area contributed by atoms with Crippen LogP contribution in [0.25, 0.3) is 0 Å². The standard InChI is InChI=1S/C23H47Br/c1-3-5-7-9-11-13-14-16-18-20-22-23(24)21-19-17-15-12-10-8-6-4-2/h23H,3-22H2,1-2H3. The van der Waals surface area contributed by atoms with E-state index in [2.05, 4.69) is 29.8 Å². The Hall–Kier alpha value is 0.480. The van der Waals surface area contributed by atoms with Gasteiger partial charge in [0.1, 0.15) is 0 Å². The normalized spacial score (nSPS) is 12.6. The van der Waals surface area contributed by atoms with Crippen LogP contribution in [0.15, 0.2) is 0 Å². The largest absolute Gasteiger partial charge is 0.0891 e. The van der Waals surface area contributed by atoms with E-state index in [0.29, 0.717) is 0 Å². The first-order valence-electron chi connectivity index (χ1n) is 11.4. The summed E-state index contributed by atoms with van der Waals surface area (Å²) < 4.78 is 0. The molecule has 0 radical (unpaired) electrons. The third-order valence-electron chi connectivity index (χ3n) is 5.24. The second-order valence-corrected chi connectivity index (χ2v) is 9.13. The molecule has 0 heterocycles. The summed E-state index contributed by atoms with van der Waals surface area (Å²) in [7, 11) is 0. The lowest BCUT2D eigenvalue weighted by Gasteiger charge is -2.09. The molecule has 0 nitrogen and oxygen atoms in total. The summed E-state index contributed by atoms with van der Waals surface area (Å²) in [5, 5.41) is 0. The van der Waals surface area contributed by atoms with E-state index in [1.807, 2.05) is 0 Å². The van der Waals surface area contributed by atoms with Gasteiger partial charge in [0.15, 0.2) is 0 Å². The fraction of sp³-hybridized carbons (Fsp3) is 1.00. The Kier molecular flexibility index (Phi) is 22.0. The first-order valence-corrected chi connectivity index (χ1v) is 12.4. The number of rotatable bonds is 20. The smallest absolute Gasteiger partial charge is 0.0145 e. The van der Waals surface area contributed by atoms with Gasteiger partial charge < -0.3 is 0 Å². The van der Waals surface area contributed by atoms with Crippen molar-refractivity contribution in [2.75, 3.05) is 0 Å². The summed E-state index contributed by atoms with van der Waals surface area (Å²) in [5.41, 5.74) is 0. The fourth-order valence-electron chi connectivity index (χ4n) is 3.50. The minimum Gasteiger partial charge on any atom is -0.0891 e. The molecule has 0 bridgehead atoms. The van der Waals surface area contributed by atoms with Crippen molar-refractivity contribution in [1.29, 1.82) is 0 Å². The van der Waals surface area contributed by atoms with E-state index >= 15 is 0 Å². The van der Waals surface area contributed by atoms with E-state index in [1.165, 1.54) is 128 Å². The third-order valence-corrected chi connectivity index (χ3v) is 6.16. The van der Waals surface area contributed by atoms with Crippen LogP contribution in [0.4, 0.5) is 0 Å². The highest BCUT2D eigenvalue weighted by atomic mass is 79.9. The zero-order valence-electron chi connectivity index (χ0n) is 17.1. The molecule has 0 saturated heterocycles. The summed E-state index contributed by atoms with van der Waals surface area (Å²) >= 11 is 3.90. The molecule has 0 saturated carbocycles. The quantitative estimate of drug-likeness (QED) is 0.140. The molecule has 0 spiro atoms. The zero-order valence-corrected chi connectivity index (χ0v) is 18.7. The monoisotopic (exact) mass is 402 g/mol. The Morgan fingerprint density at radius 3 is 0.958 bits per heavy atom. The highest BCUT2D eigenvalue weighted by Crippen LogP contribution is 2.20. The number of halogens is 1.